The minimum Gasteiger partial charge on any atom is -0.497 e. The molecule has 2 rings (SSSR count). The second-order valence-corrected chi connectivity index (χ2v) is 5.73. The topological polar surface area (TPSA) is 56.3 Å². The van der Waals surface area contributed by atoms with Crippen LogP contribution in [0.25, 0.3) is 6.08 Å². The Morgan fingerprint density at radius 3 is 2.75 bits per heavy atom. The Morgan fingerprint density at radius 1 is 1.25 bits per heavy atom. The monoisotopic (exact) mass is 293 g/mol. The van der Waals surface area contributed by atoms with E-state index in [4.69, 9.17) is 4.74 Å². The van der Waals surface area contributed by atoms with Gasteiger partial charge in [-0.2, -0.15) is 0 Å². The van der Waals surface area contributed by atoms with Gasteiger partial charge in [-0.25, -0.2) is 12.8 Å². The van der Waals surface area contributed by atoms with Gasteiger partial charge in [0.2, 0.25) is 0 Å². The fourth-order valence-corrected chi connectivity index (χ4v) is 2.55. The van der Waals surface area contributed by atoms with Crippen LogP contribution in [-0.2, 0) is 9.84 Å². The number of ether oxygens (including phenoxy) is 1. The van der Waals surface area contributed by atoms with Crippen LogP contribution in [0.4, 0.5) is 4.39 Å². The zero-order valence-electron chi connectivity index (χ0n) is 10.7. The molecule has 0 radical (unpaired) electrons. The lowest BCUT2D eigenvalue weighted by atomic mass is 10.3. The quantitative estimate of drug-likeness (QED) is 0.869. The Kier molecular flexibility index (Phi) is 4.14. The van der Waals surface area contributed by atoms with Gasteiger partial charge in [-0.05, 0) is 36.4 Å². The fourth-order valence-electron chi connectivity index (χ4n) is 1.53. The molecule has 0 fully saturated rings. The summed E-state index contributed by atoms with van der Waals surface area (Å²) in [6.07, 6.45) is 2.52. The summed E-state index contributed by atoms with van der Waals surface area (Å²) in [6.45, 7) is 0. The summed E-state index contributed by atoms with van der Waals surface area (Å²) < 4.78 is 42.5. The van der Waals surface area contributed by atoms with Crippen LogP contribution in [0, 0.1) is 5.82 Å². The molecule has 1 heterocycles. The van der Waals surface area contributed by atoms with Crippen molar-refractivity contribution < 1.29 is 17.5 Å². The Hall–Kier alpha value is -2.21. The minimum absolute atomic E-state index is 0.0287. The molecule has 0 amide bonds. The van der Waals surface area contributed by atoms with Crippen molar-refractivity contribution in [3.63, 3.8) is 0 Å². The number of nitrogens with zero attached hydrogens (tertiary/aromatic N) is 1. The summed E-state index contributed by atoms with van der Waals surface area (Å²) in [5, 5.41) is 0.924. The molecule has 0 aliphatic rings. The summed E-state index contributed by atoms with van der Waals surface area (Å²) >= 11 is 0. The van der Waals surface area contributed by atoms with E-state index in [0.29, 0.717) is 5.75 Å². The second kappa shape index (κ2) is 5.83. The average Bonchev–Trinajstić information content (AvgIpc) is 2.46. The van der Waals surface area contributed by atoms with E-state index in [9.17, 15) is 12.8 Å². The van der Waals surface area contributed by atoms with E-state index < -0.39 is 15.7 Å². The van der Waals surface area contributed by atoms with Crippen molar-refractivity contribution in [3.05, 3.63) is 59.5 Å². The highest BCUT2D eigenvalue weighted by Gasteiger charge is 2.11. The van der Waals surface area contributed by atoms with Crippen LogP contribution in [0.2, 0.25) is 0 Å². The Labute approximate surface area is 116 Å². The van der Waals surface area contributed by atoms with Crippen molar-refractivity contribution in [2.24, 2.45) is 0 Å². The van der Waals surface area contributed by atoms with Crippen molar-refractivity contribution in [2.45, 2.75) is 4.90 Å². The first-order valence-electron chi connectivity index (χ1n) is 5.71. The van der Waals surface area contributed by atoms with Crippen molar-refractivity contribution in [3.8, 4) is 5.75 Å². The highest BCUT2D eigenvalue weighted by atomic mass is 32.2. The molecule has 20 heavy (non-hydrogen) atoms. The maximum absolute atomic E-state index is 13.4. The zero-order valence-corrected chi connectivity index (χ0v) is 11.5. The van der Waals surface area contributed by atoms with Gasteiger partial charge >= 0.3 is 0 Å². The fraction of sp³-hybridized carbons (Fsp3) is 0.0714. The van der Waals surface area contributed by atoms with Gasteiger partial charge in [-0.3, -0.25) is 4.98 Å². The first-order valence-corrected chi connectivity index (χ1v) is 7.25. The van der Waals surface area contributed by atoms with Crippen molar-refractivity contribution in [2.75, 3.05) is 7.11 Å². The average molecular weight is 293 g/mol. The first kappa shape index (κ1) is 14.2. The number of methoxy groups -OCH3 is 1. The molecular weight excluding hydrogens is 281 g/mol. The largest absolute Gasteiger partial charge is 0.497 e. The van der Waals surface area contributed by atoms with Crippen LogP contribution in [-0.4, -0.2) is 20.5 Å². The maximum atomic E-state index is 13.4. The molecular formula is C14H12FNO3S. The number of pyridine rings is 1. The van der Waals surface area contributed by atoms with Crippen molar-refractivity contribution in [1.82, 2.24) is 4.98 Å². The smallest absolute Gasteiger partial charge is 0.200 e. The molecule has 0 N–H and O–H groups in total. The van der Waals surface area contributed by atoms with E-state index in [1.165, 1.54) is 37.6 Å². The molecule has 0 atom stereocenters. The van der Waals surface area contributed by atoms with E-state index in [0.717, 1.165) is 11.5 Å². The summed E-state index contributed by atoms with van der Waals surface area (Å²) in [4.78, 5) is 3.83. The number of rotatable bonds is 4. The number of halogens is 1. The van der Waals surface area contributed by atoms with Crippen LogP contribution in [0.5, 0.6) is 5.75 Å². The predicted octanol–water partition coefficient (Wildman–Crippen LogP) is 2.67. The maximum Gasteiger partial charge on any atom is 0.200 e. The van der Waals surface area contributed by atoms with Crippen molar-refractivity contribution in [1.29, 1.82) is 0 Å². The number of hydrogen-bond donors (Lipinski definition) is 0. The summed E-state index contributed by atoms with van der Waals surface area (Å²) in [7, 11) is -2.23. The highest BCUT2D eigenvalue weighted by Crippen LogP contribution is 2.19. The Morgan fingerprint density at radius 2 is 2.05 bits per heavy atom. The molecule has 6 heteroatoms. The standard InChI is InChI=1S/C14H12FNO3S/c1-19-11-4-2-5-12(10-11)20(17,18)9-7-14-13(15)6-3-8-16-14/h2-10H,1H3/b9-7+. The molecule has 0 bridgehead atoms. The number of sulfone groups is 1. The molecule has 1 aromatic carbocycles. The van der Waals surface area contributed by atoms with Gasteiger partial charge in [0, 0.05) is 11.6 Å². The molecule has 0 unspecified atom stereocenters. The summed E-state index contributed by atoms with van der Waals surface area (Å²) in [5.41, 5.74) is -0.0287. The third-order valence-electron chi connectivity index (χ3n) is 2.56. The highest BCUT2D eigenvalue weighted by molar-refractivity contribution is 7.94. The van der Waals surface area contributed by atoms with Gasteiger partial charge in [0.15, 0.2) is 9.84 Å². The number of aromatic nitrogens is 1. The molecule has 0 saturated carbocycles. The third kappa shape index (κ3) is 3.21. The summed E-state index contributed by atoms with van der Waals surface area (Å²) in [6, 6.07) is 8.70. The summed E-state index contributed by atoms with van der Waals surface area (Å²) in [5.74, 6) is -0.145. The minimum atomic E-state index is -3.68. The number of benzene rings is 1. The Balaban J connectivity index is 2.34. The van der Waals surface area contributed by atoms with Gasteiger partial charge in [0.1, 0.15) is 11.6 Å². The van der Waals surface area contributed by atoms with E-state index >= 15 is 0 Å². The van der Waals surface area contributed by atoms with E-state index in [1.807, 2.05) is 0 Å². The van der Waals surface area contributed by atoms with E-state index in [-0.39, 0.29) is 10.6 Å². The molecule has 0 aliphatic heterocycles. The lowest BCUT2D eigenvalue weighted by Crippen LogP contribution is -1.97. The van der Waals surface area contributed by atoms with Gasteiger partial charge in [0.25, 0.3) is 0 Å². The first-order chi connectivity index (χ1) is 9.53. The molecule has 4 nitrogen and oxygen atoms in total. The van der Waals surface area contributed by atoms with E-state index in [2.05, 4.69) is 4.98 Å². The lowest BCUT2D eigenvalue weighted by molar-refractivity contribution is 0.413. The molecule has 0 spiro atoms. The van der Waals surface area contributed by atoms with Gasteiger partial charge in [0.05, 0.1) is 17.7 Å². The van der Waals surface area contributed by atoms with Crippen LogP contribution >= 0.6 is 0 Å². The van der Waals surface area contributed by atoms with Gasteiger partial charge in [-0.15, -0.1) is 0 Å². The second-order valence-electron chi connectivity index (χ2n) is 3.90. The third-order valence-corrected chi connectivity index (χ3v) is 3.97. The number of hydrogen-bond acceptors (Lipinski definition) is 4. The van der Waals surface area contributed by atoms with Gasteiger partial charge < -0.3 is 4.74 Å². The van der Waals surface area contributed by atoms with Crippen molar-refractivity contribution >= 4 is 15.9 Å². The SMILES string of the molecule is COc1cccc(S(=O)(=O)/C=C/c2ncccc2F)c1. The normalized spacial score (nSPS) is 11.7. The Bertz CT molecular complexity index is 742. The van der Waals surface area contributed by atoms with Crippen LogP contribution in [0.3, 0.4) is 0 Å². The van der Waals surface area contributed by atoms with Crippen LogP contribution < -0.4 is 4.74 Å². The molecule has 1 aromatic heterocycles. The van der Waals surface area contributed by atoms with E-state index in [1.54, 1.807) is 12.1 Å². The molecule has 0 saturated heterocycles. The molecule has 104 valence electrons. The molecule has 2 aromatic rings. The predicted molar refractivity (Wildman–Crippen MR) is 73.4 cm³/mol. The van der Waals surface area contributed by atoms with Crippen LogP contribution in [0.15, 0.2) is 52.9 Å². The molecule has 0 aliphatic carbocycles. The van der Waals surface area contributed by atoms with Crippen LogP contribution in [0.1, 0.15) is 5.69 Å². The van der Waals surface area contributed by atoms with Gasteiger partial charge in [-0.1, -0.05) is 6.07 Å². The zero-order chi connectivity index (χ0) is 14.6. The lowest BCUT2D eigenvalue weighted by Gasteiger charge is -2.02.